The van der Waals surface area contributed by atoms with E-state index in [2.05, 4.69) is 0 Å². The third-order valence-electron chi connectivity index (χ3n) is 3.90. The van der Waals surface area contributed by atoms with Gasteiger partial charge in [0.05, 0.1) is 11.6 Å². The summed E-state index contributed by atoms with van der Waals surface area (Å²) in [6.07, 6.45) is 3.06. The van der Waals surface area contributed by atoms with Gasteiger partial charge in [0.25, 0.3) is 0 Å². The molecule has 1 aromatic carbocycles. The van der Waals surface area contributed by atoms with Gasteiger partial charge in [0.15, 0.2) is 11.5 Å². The minimum absolute atomic E-state index is 0.0484. The van der Waals surface area contributed by atoms with Crippen LogP contribution in [-0.4, -0.2) is 61.5 Å². The summed E-state index contributed by atoms with van der Waals surface area (Å²) >= 11 is 6.18. The monoisotopic (exact) mass is 366 g/mol. The quantitative estimate of drug-likeness (QED) is 0.726. The lowest BCUT2D eigenvalue weighted by molar-refractivity contribution is -0.136. The highest BCUT2D eigenvalue weighted by atomic mass is 35.5. The summed E-state index contributed by atoms with van der Waals surface area (Å²) in [5.41, 5.74) is 0.728. The van der Waals surface area contributed by atoms with Crippen molar-refractivity contribution in [2.75, 3.05) is 39.9 Å². The summed E-state index contributed by atoms with van der Waals surface area (Å²) < 4.78 is 11.0. The molecule has 0 aliphatic carbocycles. The number of rotatable bonds is 6. The van der Waals surface area contributed by atoms with Crippen LogP contribution in [-0.2, 0) is 9.59 Å². The predicted octanol–water partition coefficient (Wildman–Crippen LogP) is 2.45. The molecule has 0 saturated heterocycles. The van der Waals surface area contributed by atoms with Gasteiger partial charge in [-0.1, -0.05) is 11.6 Å². The molecule has 136 valence electrons. The molecule has 6 nitrogen and oxygen atoms in total. The molecular weight excluding hydrogens is 344 g/mol. The molecule has 0 radical (unpaired) electrons. The topological polar surface area (TPSA) is 59.1 Å². The van der Waals surface area contributed by atoms with Crippen LogP contribution in [0.4, 0.5) is 0 Å². The van der Waals surface area contributed by atoms with Gasteiger partial charge in [0.1, 0.15) is 13.2 Å². The maximum absolute atomic E-state index is 12.2. The molecule has 2 amide bonds. The van der Waals surface area contributed by atoms with Crippen LogP contribution in [0.3, 0.4) is 0 Å². The number of halogens is 1. The van der Waals surface area contributed by atoms with Crippen molar-refractivity contribution >= 4 is 29.5 Å². The minimum Gasteiger partial charge on any atom is -0.486 e. The Labute approximate surface area is 152 Å². The maximum atomic E-state index is 12.2. The number of fused-ring (bicyclic) bond motifs is 1. The average Bonchev–Trinajstić information content (AvgIpc) is 2.60. The second-order valence-corrected chi connectivity index (χ2v) is 6.03. The lowest BCUT2D eigenvalue weighted by Crippen LogP contribution is -2.40. The highest BCUT2D eigenvalue weighted by molar-refractivity contribution is 6.32. The molecule has 1 aliphatic rings. The van der Waals surface area contributed by atoms with Crippen molar-refractivity contribution in [1.82, 2.24) is 9.80 Å². The van der Waals surface area contributed by atoms with E-state index in [0.717, 1.165) is 5.56 Å². The third kappa shape index (κ3) is 4.89. The molecule has 0 saturated carbocycles. The molecule has 0 fully saturated rings. The highest BCUT2D eigenvalue weighted by Crippen LogP contribution is 2.38. The van der Waals surface area contributed by atoms with Crippen molar-refractivity contribution in [1.29, 1.82) is 0 Å². The number of hydrogen-bond acceptors (Lipinski definition) is 4. The van der Waals surface area contributed by atoms with Gasteiger partial charge in [-0.05, 0) is 37.6 Å². The largest absolute Gasteiger partial charge is 0.486 e. The van der Waals surface area contributed by atoms with Crippen LogP contribution in [0.25, 0.3) is 6.08 Å². The fourth-order valence-electron chi connectivity index (χ4n) is 2.48. The first-order chi connectivity index (χ1) is 12.0. The smallest absolute Gasteiger partial charge is 0.246 e. The van der Waals surface area contributed by atoms with E-state index in [1.54, 1.807) is 30.2 Å². The van der Waals surface area contributed by atoms with Crippen LogP contribution in [0.15, 0.2) is 18.2 Å². The van der Waals surface area contributed by atoms with Crippen molar-refractivity contribution in [3.63, 3.8) is 0 Å². The average molecular weight is 367 g/mol. The number of ether oxygens (including phenoxy) is 2. The van der Waals surface area contributed by atoms with E-state index in [1.807, 2.05) is 13.8 Å². The molecule has 25 heavy (non-hydrogen) atoms. The van der Waals surface area contributed by atoms with E-state index in [9.17, 15) is 9.59 Å². The van der Waals surface area contributed by atoms with Crippen LogP contribution in [0.5, 0.6) is 11.5 Å². The van der Waals surface area contributed by atoms with Crippen molar-refractivity contribution < 1.29 is 19.1 Å². The van der Waals surface area contributed by atoms with E-state index in [1.165, 1.54) is 11.0 Å². The summed E-state index contributed by atoms with van der Waals surface area (Å²) in [4.78, 5) is 27.3. The number of amides is 2. The van der Waals surface area contributed by atoms with Crippen LogP contribution < -0.4 is 9.47 Å². The Balaban J connectivity index is 2.02. The standard InChI is InChI=1S/C18H23ClN2O4/c1-4-21(5-2)17(23)12-20(3)16(22)7-6-13-10-14(19)18-15(11-13)24-8-9-25-18/h6-7,10-11H,4-5,8-9,12H2,1-3H3/b7-6-. The fourth-order valence-corrected chi connectivity index (χ4v) is 2.75. The Morgan fingerprint density at radius 2 is 1.88 bits per heavy atom. The Morgan fingerprint density at radius 1 is 1.20 bits per heavy atom. The SMILES string of the molecule is CCN(CC)C(=O)CN(C)C(=O)/C=C\c1cc(Cl)c2c(c1)OCCO2. The third-order valence-corrected chi connectivity index (χ3v) is 4.18. The van der Waals surface area contributed by atoms with Crippen LogP contribution in [0.1, 0.15) is 19.4 Å². The Hall–Kier alpha value is -2.21. The molecule has 0 unspecified atom stereocenters. The van der Waals surface area contributed by atoms with E-state index in [4.69, 9.17) is 21.1 Å². The summed E-state index contributed by atoms with van der Waals surface area (Å²) in [6, 6.07) is 3.48. The second kappa shape index (κ2) is 8.76. The highest BCUT2D eigenvalue weighted by Gasteiger charge is 2.17. The molecule has 1 aromatic rings. The Kier molecular flexibility index (Phi) is 6.70. The van der Waals surface area contributed by atoms with Gasteiger partial charge in [0.2, 0.25) is 11.8 Å². The first-order valence-electron chi connectivity index (χ1n) is 8.26. The second-order valence-electron chi connectivity index (χ2n) is 5.62. The number of likely N-dealkylation sites (N-methyl/N-ethyl adjacent to an activating group) is 2. The summed E-state index contributed by atoms with van der Waals surface area (Å²) in [5.74, 6) is 0.761. The van der Waals surface area contributed by atoms with E-state index in [-0.39, 0.29) is 18.4 Å². The first kappa shape index (κ1) is 19.1. The van der Waals surface area contributed by atoms with E-state index in [0.29, 0.717) is 42.8 Å². The van der Waals surface area contributed by atoms with Crippen LogP contribution in [0, 0.1) is 0 Å². The zero-order chi connectivity index (χ0) is 18.4. The molecule has 0 aromatic heterocycles. The van der Waals surface area contributed by atoms with Gasteiger partial charge >= 0.3 is 0 Å². The normalized spacial score (nSPS) is 13.0. The number of hydrogen-bond donors (Lipinski definition) is 0. The zero-order valence-corrected chi connectivity index (χ0v) is 15.5. The van der Waals surface area contributed by atoms with Crippen LogP contribution in [0.2, 0.25) is 5.02 Å². The molecule has 0 N–H and O–H groups in total. The number of carbonyl (C=O) groups is 2. The molecular formula is C18H23ClN2O4. The number of benzene rings is 1. The van der Waals surface area contributed by atoms with Crippen molar-refractivity contribution in [3.8, 4) is 11.5 Å². The number of nitrogens with zero attached hydrogens (tertiary/aromatic N) is 2. The van der Waals surface area contributed by atoms with Gasteiger partial charge < -0.3 is 19.3 Å². The fraction of sp³-hybridized carbons (Fsp3) is 0.444. The predicted molar refractivity (Wildman–Crippen MR) is 97.0 cm³/mol. The van der Waals surface area contributed by atoms with Crippen molar-refractivity contribution in [3.05, 3.63) is 28.8 Å². The van der Waals surface area contributed by atoms with Gasteiger partial charge in [-0.3, -0.25) is 9.59 Å². The van der Waals surface area contributed by atoms with E-state index < -0.39 is 0 Å². The van der Waals surface area contributed by atoms with Gasteiger partial charge in [-0.25, -0.2) is 0 Å². The molecule has 1 aliphatic heterocycles. The van der Waals surface area contributed by atoms with Crippen molar-refractivity contribution in [2.24, 2.45) is 0 Å². The van der Waals surface area contributed by atoms with E-state index >= 15 is 0 Å². The van der Waals surface area contributed by atoms with Gasteiger partial charge in [0, 0.05) is 26.2 Å². The maximum Gasteiger partial charge on any atom is 0.246 e. The lowest BCUT2D eigenvalue weighted by atomic mass is 10.1. The lowest BCUT2D eigenvalue weighted by Gasteiger charge is -2.22. The molecule has 7 heteroatoms. The van der Waals surface area contributed by atoms with Gasteiger partial charge in [-0.2, -0.15) is 0 Å². The summed E-state index contributed by atoms with van der Waals surface area (Å²) in [6.45, 7) is 6.05. The molecule has 2 rings (SSSR count). The zero-order valence-electron chi connectivity index (χ0n) is 14.8. The summed E-state index contributed by atoms with van der Waals surface area (Å²) in [7, 11) is 1.60. The molecule has 0 bridgehead atoms. The Bertz CT molecular complexity index is 671. The minimum atomic E-state index is -0.258. The van der Waals surface area contributed by atoms with Crippen LogP contribution >= 0.6 is 11.6 Å². The molecule has 0 atom stereocenters. The Morgan fingerprint density at radius 3 is 2.56 bits per heavy atom. The molecule has 1 heterocycles. The number of carbonyl (C=O) groups excluding carboxylic acids is 2. The molecule has 0 spiro atoms. The first-order valence-corrected chi connectivity index (χ1v) is 8.64. The van der Waals surface area contributed by atoms with Gasteiger partial charge in [-0.15, -0.1) is 0 Å². The summed E-state index contributed by atoms with van der Waals surface area (Å²) in [5, 5.41) is 0.439. The van der Waals surface area contributed by atoms with Crippen molar-refractivity contribution in [2.45, 2.75) is 13.8 Å².